The third-order valence-corrected chi connectivity index (χ3v) is 7.92. The van der Waals surface area contributed by atoms with Crippen molar-refractivity contribution in [1.29, 1.82) is 0 Å². The molecular formula is C37H48N4O7. The van der Waals surface area contributed by atoms with E-state index in [4.69, 9.17) is 4.74 Å². The van der Waals surface area contributed by atoms with Gasteiger partial charge in [0.1, 0.15) is 24.1 Å². The molecule has 4 rings (SSSR count). The Kier molecular flexibility index (Phi) is 14.6. The highest BCUT2D eigenvalue weighted by molar-refractivity contribution is 6.08. The number of nitrogens with zero attached hydrogens (tertiary/aromatic N) is 1. The minimum Gasteiger partial charge on any atom is -0.508 e. The minimum absolute atomic E-state index is 0.0793. The van der Waals surface area contributed by atoms with E-state index in [1.165, 1.54) is 24.4 Å². The summed E-state index contributed by atoms with van der Waals surface area (Å²) in [5.41, 5.74) is 3.54. The topological polar surface area (TPSA) is 157 Å². The van der Waals surface area contributed by atoms with E-state index in [2.05, 4.69) is 16.0 Å². The van der Waals surface area contributed by atoms with Gasteiger partial charge in [0, 0.05) is 37.3 Å². The maximum atomic E-state index is 13.2. The number of aliphatic hydroxyl groups is 1. The number of aromatic hydroxyl groups is 1. The summed E-state index contributed by atoms with van der Waals surface area (Å²) < 4.78 is 5.86. The Morgan fingerprint density at radius 2 is 1.58 bits per heavy atom. The number of aliphatic hydroxyl groups excluding tert-OH is 1. The van der Waals surface area contributed by atoms with Crippen molar-refractivity contribution >= 4 is 23.5 Å². The number of carbonyl (C=O) groups excluding carboxylic acids is 4. The number of ether oxygens (including phenoxy) is 1. The number of rotatable bonds is 4. The molecule has 3 aromatic carbocycles. The summed E-state index contributed by atoms with van der Waals surface area (Å²) in [4.78, 5) is 51.2. The molecule has 1 aliphatic heterocycles. The molecule has 0 spiro atoms. The van der Waals surface area contributed by atoms with E-state index in [9.17, 15) is 29.4 Å². The molecule has 0 radical (unpaired) electrons. The van der Waals surface area contributed by atoms with Crippen LogP contribution in [0.25, 0.3) is 0 Å². The summed E-state index contributed by atoms with van der Waals surface area (Å²) in [5, 5.41) is 28.4. The average Bonchev–Trinajstić information content (AvgIpc) is 3.06. The fourth-order valence-electron chi connectivity index (χ4n) is 5.24. The van der Waals surface area contributed by atoms with Crippen LogP contribution in [0.1, 0.15) is 54.2 Å². The van der Waals surface area contributed by atoms with Crippen molar-refractivity contribution in [2.75, 3.05) is 33.3 Å². The fraction of sp³-hybridized carbons (Fsp3) is 0.405. The zero-order valence-electron chi connectivity index (χ0n) is 28.4. The number of benzene rings is 3. The van der Waals surface area contributed by atoms with E-state index in [0.29, 0.717) is 31.7 Å². The van der Waals surface area contributed by atoms with Crippen molar-refractivity contribution in [2.45, 2.75) is 58.7 Å². The normalized spacial score (nSPS) is 18.9. The zero-order chi connectivity index (χ0) is 35.2. The van der Waals surface area contributed by atoms with Crippen molar-refractivity contribution in [3.8, 4) is 11.5 Å². The van der Waals surface area contributed by atoms with E-state index in [0.717, 1.165) is 16.7 Å². The predicted molar refractivity (Wildman–Crippen MR) is 184 cm³/mol. The summed E-state index contributed by atoms with van der Waals surface area (Å²) in [6.07, 6.45) is 0.132. The quantitative estimate of drug-likeness (QED) is 0.268. The largest absolute Gasteiger partial charge is 0.508 e. The van der Waals surface area contributed by atoms with Gasteiger partial charge in [-0.3, -0.25) is 19.2 Å². The Balaban J connectivity index is 0.000000344. The van der Waals surface area contributed by atoms with E-state index >= 15 is 0 Å². The van der Waals surface area contributed by atoms with Crippen molar-refractivity contribution < 1.29 is 34.1 Å². The number of fused-ring (bicyclic) bond motifs is 1. The average molecular weight is 661 g/mol. The first-order chi connectivity index (χ1) is 22.9. The molecule has 0 saturated heterocycles. The van der Waals surface area contributed by atoms with Crippen molar-refractivity contribution in [2.24, 2.45) is 5.92 Å². The summed E-state index contributed by atoms with van der Waals surface area (Å²) in [6.45, 7) is 7.95. The van der Waals surface area contributed by atoms with Crippen LogP contribution in [0.2, 0.25) is 0 Å². The van der Waals surface area contributed by atoms with Crippen LogP contribution in [0.4, 0.5) is 0 Å². The highest BCUT2D eigenvalue weighted by Gasteiger charge is 2.35. The van der Waals surface area contributed by atoms with Crippen molar-refractivity contribution in [3.05, 3.63) is 95.1 Å². The van der Waals surface area contributed by atoms with E-state index in [1.54, 1.807) is 18.2 Å². The van der Waals surface area contributed by atoms with Gasteiger partial charge >= 0.3 is 0 Å². The second-order valence-electron chi connectivity index (χ2n) is 12.2. The first-order valence-corrected chi connectivity index (χ1v) is 16.2. The maximum Gasteiger partial charge on any atom is 0.245 e. The van der Waals surface area contributed by atoms with Crippen LogP contribution in [0.3, 0.4) is 0 Å². The molecule has 0 saturated carbocycles. The van der Waals surface area contributed by atoms with Gasteiger partial charge in [-0.1, -0.05) is 80.1 Å². The third-order valence-electron chi connectivity index (χ3n) is 7.92. The molecule has 48 heavy (non-hydrogen) atoms. The molecule has 1 heterocycles. The van der Waals surface area contributed by atoms with Crippen LogP contribution in [-0.4, -0.2) is 90.1 Å². The molecule has 3 unspecified atom stereocenters. The second-order valence-corrected chi connectivity index (χ2v) is 12.2. The molecular weight excluding hydrogens is 612 g/mol. The van der Waals surface area contributed by atoms with Gasteiger partial charge in [-0.2, -0.15) is 0 Å². The van der Waals surface area contributed by atoms with Crippen LogP contribution >= 0.6 is 0 Å². The maximum absolute atomic E-state index is 13.2. The Hall–Kier alpha value is -4.74. The number of phenolic OH excluding ortho intramolecular Hbond substituents is 1. The molecule has 5 N–H and O–H groups in total. The summed E-state index contributed by atoms with van der Waals surface area (Å²) in [6, 6.07) is 20.1. The van der Waals surface area contributed by atoms with Gasteiger partial charge in [0.25, 0.3) is 0 Å². The first-order valence-electron chi connectivity index (χ1n) is 16.2. The lowest BCUT2D eigenvalue weighted by Gasteiger charge is -2.33. The molecule has 11 nitrogen and oxygen atoms in total. The summed E-state index contributed by atoms with van der Waals surface area (Å²) in [5.74, 6) is -0.692. The second kappa shape index (κ2) is 18.6. The molecule has 0 fully saturated rings. The van der Waals surface area contributed by atoms with Crippen LogP contribution < -0.4 is 20.7 Å². The number of phenols is 1. The lowest BCUT2D eigenvalue weighted by molar-refractivity contribution is -0.145. The molecule has 1 aliphatic rings. The van der Waals surface area contributed by atoms with Gasteiger partial charge in [-0.25, -0.2) is 0 Å². The Morgan fingerprint density at radius 3 is 2.23 bits per heavy atom. The van der Waals surface area contributed by atoms with E-state index < -0.39 is 24.1 Å². The highest BCUT2D eigenvalue weighted by atomic mass is 16.5. The number of hydrogen-bond acceptors (Lipinski definition) is 8. The number of hydrogen-bond donors (Lipinski definition) is 5. The molecule has 3 atom stereocenters. The van der Waals surface area contributed by atoms with Gasteiger partial charge in [0.15, 0.2) is 5.78 Å². The number of aryl methyl sites for hydroxylation is 2. The number of ketones is 1. The lowest BCUT2D eigenvalue weighted by atomic mass is 10.0. The number of amides is 3. The van der Waals surface area contributed by atoms with Crippen LogP contribution in [0, 0.1) is 12.8 Å². The predicted octanol–water partition coefficient (Wildman–Crippen LogP) is 3.00. The van der Waals surface area contributed by atoms with E-state index in [-0.39, 0.29) is 42.4 Å². The van der Waals surface area contributed by atoms with Gasteiger partial charge < -0.3 is 35.8 Å². The Labute approximate surface area is 282 Å². The molecule has 3 amide bonds. The summed E-state index contributed by atoms with van der Waals surface area (Å²) >= 11 is 0. The number of likely N-dealkylation sites (N-methyl/N-ethyl adjacent to an activating group) is 1. The molecule has 3 aromatic rings. The molecule has 0 aliphatic carbocycles. The molecule has 0 aromatic heterocycles. The summed E-state index contributed by atoms with van der Waals surface area (Å²) in [7, 11) is 1.46. The van der Waals surface area contributed by atoms with Gasteiger partial charge in [0.05, 0.1) is 18.7 Å². The molecule has 258 valence electrons. The van der Waals surface area contributed by atoms with Gasteiger partial charge in [-0.15, -0.1) is 0 Å². The Morgan fingerprint density at radius 1 is 0.917 bits per heavy atom. The number of carbonyl (C=O) groups is 4. The Bertz CT molecular complexity index is 1510. The first kappa shape index (κ1) is 37.7. The van der Waals surface area contributed by atoms with E-state index in [1.807, 2.05) is 75.4 Å². The molecule has 0 bridgehead atoms. The zero-order valence-corrected chi connectivity index (χ0v) is 28.4. The SMILES string of the molecule is CC(C)C1NCCOc2cc(O)ccc2CCCNC(=O)CNC(=O)C(C(C)O)N(C)C1=O.Cc1ccc(C(=O)c2ccccc2)cc1. The lowest BCUT2D eigenvalue weighted by Crippen LogP contribution is -2.59. The standard InChI is InChI=1S/C23H36N4O6.C14H12O/c1-14(2)20-23(32)27(4)21(15(3)28)22(31)26-13-19(30)24-9-5-6-16-7-8-17(29)12-18(16)33-11-10-25-20;1-11-7-9-13(10-8-11)14(15)12-5-3-2-4-6-12/h7-8,12,14-15,20-21,25,28-29H,5-6,9-11,13H2,1-4H3,(H,24,30)(H,26,31);2-10H,1H3. The third kappa shape index (κ3) is 11.2. The van der Waals surface area contributed by atoms with Crippen molar-refractivity contribution in [3.63, 3.8) is 0 Å². The van der Waals surface area contributed by atoms with Crippen LogP contribution in [0.15, 0.2) is 72.8 Å². The van der Waals surface area contributed by atoms with Gasteiger partial charge in [0.2, 0.25) is 17.7 Å². The van der Waals surface area contributed by atoms with Crippen molar-refractivity contribution in [1.82, 2.24) is 20.9 Å². The van der Waals surface area contributed by atoms with Gasteiger partial charge in [-0.05, 0) is 44.2 Å². The van der Waals surface area contributed by atoms with Crippen LogP contribution in [-0.2, 0) is 20.8 Å². The fourth-order valence-corrected chi connectivity index (χ4v) is 5.24. The smallest absolute Gasteiger partial charge is 0.245 e. The monoisotopic (exact) mass is 660 g/mol. The highest BCUT2D eigenvalue weighted by Crippen LogP contribution is 2.25. The minimum atomic E-state index is -1.14. The molecule has 11 heteroatoms. The number of nitrogens with one attached hydrogen (secondary N) is 3. The van der Waals surface area contributed by atoms with Crippen LogP contribution in [0.5, 0.6) is 11.5 Å².